The number of nitrogens with one attached hydrogen (secondary N) is 1. The van der Waals surface area contributed by atoms with Gasteiger partial charge in [0.1, 0.15) is 0 Å². The molecule has 2 aliphatic heterocycles. The molecule has 0 bridgehead atoms. The first-order valence-electron chi connectivity index (χ1n) is 11.8. The van der Waals surface area contributed by atoms with Gasteiger partial charge in [0.15, 0.2) is 5.65 Å². The van der Waals surface area contributed by atoms with Crippen LogP contribution in [0.5, 0.6) is 0 Å². The summed E-state index contributed by atoms with van der Waals surface area (Å²) in [6.45, 7) is 9.92. The Balaban J connectivity index is 1.44. The molecule has 1 N–H and O–H groups in total. The number of benzene rings is 1. The van der Waals surface area contributed by atoms with E-state index in [-0.39, 0.29) is 11.1 Å². The van der Waals surface area contributed by atoms with Crippen molar-refractivity contribution in [3.63, 3.8) is 0 Å². The van der Waals surface area contributed by atoms with Gasteiger partial charge in [-0.2, -0.15) is 5.10 Å². The number of thioether (sulfide) groups is 1. The number of imidazole rings is 1. The summed E-state index contributed by atoms with van der Waals surface area (Å²) in [5.74, 6) is -0.388. The van der Waals surface area contributed by atoms with Crippen molar-refractivity contribution in [2.45, 2.75) is 26.7 Å². The van der Waals surface area contributed by atoms with Crippen LogP contribution in [0.2, 0.25) is 0 Å². The SMILES string of the molecule is CCCN1CCN(c2ccc(-c3cnc4ccc(C=C5SC(=O)NC5=O)nn34)cc2CC)CC1. The first kappa shape index (κ1) is 22.6. The molecule has 0 aliphatic carbocycles. The second kappa shape index (κ2) is 9.60. The summed E-state index contributed by atoms with van der Waals surface area (Å²) in [6, 6.07) is 10.3. The molecule has 4 heterocycles. The summed E-state index contributed by atoms with van der Waals surface area (Å²) < 4.78 is 1.80. The standard InChI is InChI=1S/C25H28N6O2S/c1-3-9-29-10-12-30(13-11-29)20-7-5-18(14-17(20)4-2)21-16-26-23-8-6-19(28-31(21)23)15-22-24(32)27-25(33)34-22/h5-8,14-16H,3-4,9-13H2,1-2H3,(H,27,32,33). The number of imide groups is 1. The molecule has 0 atom stereocenters. The predicted octanol–water partition coefficient (Wildman–Crippen LogP) is 3.81. The van der Waals surface area contributed by atoms with E-state index < -0.39 is 0 Å². The molecule has 8 nitrogen and oxygen atoms in total. The number of carbonyl (C=O) groups excluding carboxylic acids is 2. The molecule has 0 unspecified atom stereocenters. The second-order valence-electron chi connectivity index (χ2n) is 8.55. The fraction of sp³-hybridized carbons (Fsp3) is 0.360. The molecule has 176 valence electrons. The lowest BCUT2D eigenvalue weighted by Gasteiger charge is -2.37. The predicted molar refractivity (Wildman–Crippen MR) is 136 cm³/mol. The van der Waals surface area contributed by atoms with E-state index in [1.165, 1.54) is 24.2 Å². The van der Waals surface area contributed by atoms with Gasteiger partial charge in [-0.25, -0.2) is 9.50 Å². The van der Waals surface area contributed by atoms with Gasteiger partial charge in [0.2, 0.25) is 0 Å². The zero-order valence-corrected chi connectivity index (χ0v) is 20.3. The molecule has 0 radical (unpaired) electrons. The van der Waals surface area contributed by atoms with Crippen molar-refractivity contribution in [2.75, 3.05) is 37.6 Å². The number of anilines is 1. The van der Waals surface area contributed by atoms with Gasteiger partial charge in [0.05, 0.1) is 22.5 Å². The zero-order chi connectivity index (χ0) is 23.7. The number of nitrogens with zero attached hydrogens (tertiary/aromatic N) is 5. The van der Waals surface area contributed by atoms with Gasteiger partial charge >= 0.3 is 0 Å². The Bertz CT molecular complexity index is 1280. The third-order valence-electron chi connectivity index (χ3n) is 6.31. The van der Waals surface area contributed by atoms with Crippen molar-refractivity contribution < 1.29 is 9.59 Å². The number of carbonyl (C=O) groups is 2. The van der Waals surface area contributed by atoms with Gasteiger partial charge in [0.25, 0.3) is 11.1 Å². The Morgan fingerprint density at radius 1 is 1.09 bits per heavy atom. The number of rotatable bonds is 6. The molecule has 2 fully saturated rings. The Kier molecular flexibility index (Phi) is 6.38. The number of fused-ring (bicyclic) bond motifs is 1. The molecule has 2 saturated heterocycles. The second-order valence-corrected chi connectivity index (χ2v) is 9.56. The van der Waals surface area contributed by atoms with Crippen molar-refractivity contribution in [1.29, 1.82) is 0 Å². The molecule has 0 saturated carbocycles. The highest BCUT2D eigenvalue weighted by atomic mass is 32.2. The molecule has 2 aromatic heterocycles. The van der Waals surface area contributed by atoms with Crippen molar-refractivity contribution >= 4 is 40.3 Å². The molecule has 2 aliphatic rings. The highest BCUT2D eigenvalue weighted by molar-refractivity contribution is 8.18. The highest BCUT2D eigenvalue weighted by Gasteiger charge is 2.25. The van der Waals surface area contributed by atoms with Crippen LogP contribution in [0.25, 0.3) is 23.0 Å². The summed E-state index contributed by atoms with van der Waals surface area (Å²) in [7, 11) is 0. The van der Waals surface area contributed by atoms with Crippen LogP contribution in [0, 0.1) is 0 Å². The summed E-state index contributed by atoms with van der Waals surface area (Å²) in [4.78, 5) is 33.3. The van der Waals surface area contributed by atoms with Crippen LogP contribution < -0.4 is 10.2 Å². The fourth-order valence-electron chi connectivity index (χ4n) is 4.58. The first-order chi connectivity index (χ1) is 16.6. The summed E-state index contributed by atoms with van der Waals surface area (Å²) in [6.07, 6.45) is 5.61. The van der Waals surface area contributed by atoms with Gasteiger partial charge in [-0.15, -0.1) is 0 Å². The monoisotopic (exact) mass is 476 g/mol. The number of hydrogen-bond donors (Lipinski definition) is 1. The Morgan fingerprint density at radius 3 is 2.62 bits per heavy atom. The van der Waals surface area contributed by atoms with Gasteiger partial charge < -0.3 is 4.90 Å². The van der Waals surface area contributed by atoms with Crippen molar-refractivity contribution in [3.05, 3.63) is 52.7 Å². The number of hydrogen-bond acceptors (Lipinski definition) is 7. The Hall–Kier alpha value is -3.17. The van der Waals surface area contributed by atoms with E-state index in [1.807, 2.05) is 12.3 Å². The van der Waals surface area contributed by atoms with E-state index in [1.54, 1.807) is 16.7 Å². The molecule has 0 spiro atoms. The molecule has 34 heavy (non-hydrogen) atoms. The minimum Gasteiger partial charge on any atom is -0.369 e. The largest absolute Gasteiger partial charge is 0.369 e. The van der Waals surface area contributed by atoms with Crippen LogP contribution in [0.3, 0.4) is 0 Å². The zero-order valence-electron chi connectivity index (χ0n) is 19.5. The average molecular weight is 477 g/mol. The van der Waals surface area contributed by atoms with Crippen molar-refractivity contribution in [2.24, 2.45) is 0 Å². The average Bonchev–Trinajstić information content (AvgIpc) is 3.41. The molecular weight excluding hydrogens is 448 g/mol. The van der Waals surface area contributed by atoms with Crippen molar-refractivity contribution in [3.8, 4) is 11.3 Å². The fourth-order valence-corrected chi connectivity index (χ4v) is 5.25. The summed E-state index contributed by atoms with van der Waals surface area (Å²) in [5, 5.41) is 6.60. The van der Waals surface area contributed by atoms with E-state index in [2.05, 4.69) is 57.2 Å². The maximum atomic E-state index is 11.9. The molecular formula is C25H28N6O2S. The summed E-state index contributed by atoms with van der Waals surface area (Å²) in [5.41, 5.74) is 5.89. The van der Waals surface area contributed by atoms with E-state index in [9.17, 15) is 9.59 Å². The van der Waals surface area contributed by atoms with Crippen LogP contribution in [0.1, 0.15) is 31.5 Å². The molecule has 5 rings (SSSR count). The minimum atomic E-state index is -0.388. The Labute approximate surface area is 203 Å². The van der Waals surface area contributed by atoms with Crippen LogP contribution in [0.4, 0.5) is 10.5 Å². The quantitative estimate of drug-likeness (QED) is 0.542. The Morgan fingerprint density at radius 2 is 1.91 bits per heavy atom. The van der Waals surface area contributed by atoms with E-state index >= 15 is 0 Å². The van der Waals surface area contributed by atoms with Crippen LogP contribution in [-0.4, -0.2) is 63.4 Å². The minimum absolute atomic E-state index is 0.343. The van der Waals surface area contributed by atoms with E-state index in [0.29, 0.717) is 10.6 Å². The third-order valence-corrected chi connectivity index (χ3v) is 7.12. The van der Waals surface area contributed by atoms with Gasteiger partial charge in [-0.05, 0) is 67.1 Å². The summed E-state index contributed by atoms with van der Waals surface area (Å²) >= 11 is 0.888. The van der Waals surface area contributed by atoms with Gasteiger partial charge in [0, 0.05) is 37.4 Å². The smallest absolute Gasteiger partial charge is 0.290 e. The van der Waals surface area contributed by atoms with Crippen molar-refractivity contribution in [1.82, 2.24) is 24.8 Å². The number of amides is 2. The lowest BCUT2D eigenvalue weighted by atomic mass is 10.0. The molecule has 1 aromatic carbocycles. The molecule has 2 amide bonds. The van der Waals surface area contributed by atoms with E-state index in [4.69, 9.17) is 0 Å². The number of piperazine rings is 1. The molecule has 9 heteroatoms. The van der Waals surface area contributed by atoms with Gasteiger partial charge in [-0.1, -0.05) is 19.9 Å². The van der Waals surface area contributed by atoms with Crippen LogP contribution in [0.15, 0.2) is 41.4 Å². The normalized spacial score (nSPS) is 18.3. The maximum Gasteiger partial charge on any atom is 0.290 e. The van der Waals surface area contributed by atoms with Crippen LogP contribution >= 0.6 is 11.8 Å². The highest BCUT2D eigenvalue weighted by Crippen LogP contribution is 2.30. The third kappa shape index (κ3) is 4.45. The lowest BCUT2D eigenvalue weighted by molar-refractivity contribution is -0.115. The van der Waals surface area contributed by atoms with E-state index in [0.717, 1.165) is 61.3 Å². The maximum absolute atomic E-state index is 11.9. The number of aryl methyl sites for hydroxylation is 1. The molecule has 3 aromatic rings. The number of aromatic nitrogens is 3. The lowest BCUT2D eigenvalue weighted by Crippen LogP contribution is -2.46. The van der Waals surface area contributed by atoms with Crippen LogP contribution in [-0.2, 0) is 11.2 Å². The van der Waals surface area contributed by atoms with Gasteiger partial charge in [-0.3, -0.25) is 19.8 Å². The topological polar surface area (TPSA) is 82.8 Å². The first-order valence-corrected chi connectivity index (χ1v) is 12.6.